The number of benzene rings is 1. The molecule has 0 unspecified atom stereocenters. The second-order valence-electron chi connectivity index (χ2n) is 4.12. The average molecular weight is 358 g/mol. The van der Waals surface area contributed by atoms with E-state index < -0.39 is 11.9 Å². The molecule has 1 amide bonds. The molecule has 7 heteroatoms. The molecule has 20 heavy (non-hydrogen) atoms. The second-order valence-corrected chi connectivity index (χ2v) is 5.42. The molecule has 0 saturated carbocycles. The van der Waals surface area contributed by atoms with Crippen molar-refractivity contribution in [1.29, 1.82) is 0 Å². The van der Waals surface area contributed by atoms with Gasteiger partial charge in [0.25, 0.3) is 5.91 Å². The molecule has 104 valence electrons. The van der Waals surface area contributed by atoms with Crippen molar-refractivity contribution in [1.82, 2.24) is 4.98 Å². The molecule has 2 rings (SSSR count). The van der Waals surface area contributed by atoms with Crippen LogP contribution in [0.15, 0.2) is 28.7 Å². The van der Waals surface area contributed by atoms with Gasteiger partial charge in [-0.2, -0.15) is 0 Å². The van der Waals surface area contributed by atoms with Crippen LogP contribution in [-0.2, 0) is 0 Å². The fourth-order valence-electron chi connectivity index (χ4n) is 1.72. The Morgan fingerprint density at radius 1 is 1.35 bits per heavy atom. The number of halogens is 2. The average Bonchev–Trinajstić information content (AvgIpc) is 2.73. The summed E-state index contributed by atoms with van der Waals surface area (Å²) < 4.78 is 0.573. The maximum absolute atomic E-state index is 12.2. The van der Waals surface area contributed by atoms with Gasteiger partial charge in [-0.05, 0) is 47.1 Å². The number of aromatic nitrogens is 1. The number of hydrogen-bond acceptors (Lipinski definition) is 2. The van der Waals surface area contributed by atoms with Crippen molar-refractivity contribution in [2.24, 2.45) is 0 Å². The van der Waals surface area contributed by atoms with Crippen LogP contribution >= 0.6 is 27.5 Å². The van der Waals surface area contributed by atoms with Crippen LogP contribution < -0.4 is 5.32 Å². The first-order chi connectivity index (χ1) is 9.38. The number of H-pyrrole nitrogens is 1. The number of carboxylic acids is 1. The van der Waals surface area contributed by atoms with Crippen LogP contribution in [-0.4, -0.2) is 22.0 Å². The lowest BCUT2D eigenvalue weighted by atomic mass is 10.2. The minimum Gasteiger partial charge on any atom is -0.477 e. The summed E-state index contributed by atoms with van der Waals surface area (Å²) in [6.07, 6.45) is 0. The molecule has 0 aliphatic rings. The summed E-state index contributed by atoms with van der Waals surface area (Å²) in [5, 5.41) is 12.0. The summed E-state index contributed by atoms with van der Waals surface area (Å²) in [6, 6.07) is 6.35. The molecule has 0 spiro atoms. The number of hydrogen-bond donors (Lipinski definition) is 3. The lowest BCUT2D eigenvalue weighted by molar-refractivity contribution is 0.0692. The van der Waals surface area contributed by atoms with Gasteiger partial charge in [-0.25, -0.2) is 4.79 Å². The van der Waals surface area contributed by atoms with Crippen LogP contribution in [0.3, 0.4) is 0 Å². The third kappa shape index (κ3) is 3.02. The molecular formula is C13H10BrClN2O3. The lowest BCUT2D eigenvalue weighted by Gasteiger charge is -2.06. The molecule has 0 aliphatic carbocycles. The SMILES string of the molecule is Cc1cc(NC(=O)c2cc(Cl)ccc2Br)c(C(=O)O)[nH]1. The van der Waals surface area contributed by atoms with E-state index in [-0.39, 0.29) is 11.4 Å². The number of carbonyl (C=O) groups excluding carboxylic acids is 1. The number of amides is 1. The fraction of sp³-hybridized carbons (Fsp3) is 0.0769. The first kappa shape index (κ1) is 14.6. The number of carboxylic acid groups (broad SMARTS) is 1. The molecule has 5 nitrogen and oxygen atoms in total. The maximum atomic E-state index is 12.2. The van der Waals surface area contributed by atoms with E-state index in [0.29, 0.717) is 20.8 Å². The van der Waals surface area contributed by atoms with Gasteiger partial charge >= 0.3 is 5.97 Å². The largest absolute Gasteiger partial charge is 0.477 e. The van der Waals surface area contributed by atoms with Crippen LogP contribution in [0.5, 0.6) is 0 Å². The van der Waals surface area contributed by atoms with Gasteiger partial charge < -0.3 is 15.4 Å². The zero-order valence-corrected chi connectivity index (χ0v) is 12.7. The second kappa shape index (κ2) is 5.68. The Morgan fingerprint density at radius 2 is 2.05 bits per heavy atom. The van der Waals surface area contributed by atoms with Gasteiger partial charge in [-0.3, -0.25) is 4.79 Å². The highest BCUT2D eigenvalue weighted by Crippen LogP contribution is 2.24. The van der Waals surface area contributed by atoms with Crippen LogP contribution in [0.1, 0.15) is 26.5 Å². The topological polar surface area (TPSA) is 82.2 Å². The summed E-state index contributed by atoms with van der Waals surface area (Å²) in [6.45, 7) is 1.71. The summed E-state index contributed by atoms with van der Waals surface area (Å²) in [5.74, 6) is -1.58. The number of rotatable bonds is 3. The van der Waals surface area contributed by atoms with Crippen molar-refractivity contribution < 1.29 is 14.7 Å². The number of nitrogens with one attached hydrogen (secondary N) is 2. The van der Waals surface area contributed by atoms with E-state index in [0.717, 1.165) is 0 Å². The monoisotopic (exact) mass is 356 g/mol. The minimum atomic E-state index is -1.14. The number of carbonyl (C=O) groups is 2. The molecule has 3 N–H and O–H groups in total. The highest BCUT2D eigenvalue weighted by molar-refractivity contribution is 9.10. The molecule has 1 heterocycles. The van der Waals surface area contributed by atoms with Gasteiger partial charge in [0.15, 0.2) is 0 Å². The Bertz CT molecular complexity index is 697. The van der Waals surface area contributed by atoms with Gasteiger partial charge in [0.2, 0.25) is 0 Å². The van der Waals surface area contributed by atoms with Gasteiger partial charge in [0.1, 0.15) is 5.69 Å². The van der Waals surface area contributed by atoms with Gasteiger partial charge in [-0.15, -0.1) is 0 Å². The third-order valence-electron chi connectivity index (χ3n) is 2.59. The van der Waals surface area contributed by atoms with Crippen molar-refractivity contribution in [3.05, 3.63) is 50.7 Å². The van der Waals surface area contributed by atoms with E-state index in [1.807, 2.05) is 0 Å². The molecule has 0 aliphatic heterocycles. The normalized spacial score (nSPS) is 10.3. The van der Waals surface area contributed by atoms with Crippen molar-refractivity contribution >= 4 is 45.1 Å². The number of anilines is 1. The van der Waals surface area contributed by atoms with Crippen molar-refractivity contribution in [2.75, 3.05) is 5.32 Å². The fourth-order valence-corrected chi connectivity index (χ4v) is 2.32. The van der Waals surface area contributed by atoms with E-state index in [2.05, 4.69) is 26.2 Å². The van der Waals surface area contributed by atoms with Crippen LogP contribution in [0.4, 0.5) is 5.69 Å². The zero-order valence-electron chi connectivity index (χ0n) is 10.3. The Balaban J connectivity index is 2.32. The van der Waals surface area contributed by atoms with E-state index in [9.17, 15) is 9.59 Å². The highest BCUT2D eigenvalue weighted by Gasteiger charge is 2.17. The summed E-state index contributed by atoms with van der Waals surface area (Å²) in [7, 11) is 0. The Kier molecular flexibility index (Phi) is 4.15. The predicted molar refractivity (Wildman–Crippen MR) is 79.6 cm³/mol. The third-order valence-corrected chi connectivity index (χ3v) is 3.51. The van der Waals surface area contributed by atoms with Crippen molar-refractivity contribution in [3.63, 3.8) is 0 Å². The van der Waals surface area contributed by atoms with Crippen LogP contribution in [0.2, 0.25) is 5.02 Å². The summed E-state index contributed by atoms with van der Waals surface area (Å²) >= 11 is 9.10. The Morgan fingerprint density at radius 3 is 2.70 bits per heavy atom. The zero-order chi connectivity index (χ0) is 14.9. The van der Waals surface area contributed by atoms with Crippen molar-refractivity contribution in [3.8, 4) is 0 Å². The van der Waals surface area contributed by atoms with Crippen LogP contribution in [0.25, 0.3) is 0 Å². The summed E-state index contributed by atoms with van der Waals surface area (Å²) in [4.78, 5) is 25.9. The first-order valence-electron chi connectivity index (χ1n) is 5.58. The predicted octanol–water partition coefficient (Wildman–Crippen LogP) is 3.69. The van der Waals surface area contributed by atoms with Gasteiger partial charge in [0, 0.05) is 15.2 Å². The van der Waals surface area contributed by atoms with E-state index in [4.69, 9.17) is 16.7 Å². The van der Waals surface area contributed by atoms with Gasteiger partial charge in [-0.1, -0.05) is 11.6 Å². The molecule has 0 radical (unpaired) electrons. The molecule has 2 aromatic rings. The maximum Gasteiger partial charge on any atom is 0.354 e. The molecule has 0 atom stereocenters. The summed E-state index contributed by atoms with van der Waals surface area (Å²) in [5.41, 5.74) is 1.12. The standard InChI is InChI=1S/C13H10BrClN2O3/c1-6-4-10(11(16-6)13(19)20)17-12(18)8-5-7(15)2-3-9(8)14/h2-5,16H,1H3,(H,17,18)(H,19,20). The van der Waals surface area contributed by atoms with Crippen LogP contribution in [0, 0.1) is 6.92 Å². The molecule has 1 aromatic heterocycles. The molecule has 0 fully saturated rings. The number of aromatic amines is 1. The molecule has 1 aromatic carbocycles. The first-order valence-corrected chi connectivity index (χ1v) is 6.75. The lowest BCUT2D eigenvalue weighted by Crippen LogP contribution is -2.14. The smallest absolute Gasteiger partial charge is 0.354 e. The molecular weight excluding hydrogens is 348 g/mol. The minimum absolute atomic E-state index is 0.0611. The molecule has 0 bridgehead atoms. The quantitative estimate of drug-likeness (QED) is 0.783. The Labute approximate surface area is 128 Å². The van der Waals surface area contributed by atoms with E-state index in [1.54, 1.807) is 25.1 Å². The van der Waals surface area contributed by atoms with E-state index in [1.165, 1.54) is 6.07 Å². The number of aromatic carboxylic acids is 1. The number of aryl methyl sites for hydroxylation is 1. The van der Waals surface area contributed by atoms with E-state index >= 15 is 0 Å². The van der Waals surface area contributed by atoms with Crippen molar-refractivity contribution in [2.45, 2.75) is 6.92 Å². The Hall–Kier alpha value is -1.79. The van der Waals surface area contributed by atoms with Gasteiger partial charge in [0.05, 0.1) is 11.3 Å². The molecule has 0 saturated heterocycles. The highest BCUT2D eigenvalue weighted by atomic mass is 79.9.